The molecule has 0 saturated carbocycles. The molecule has 1 aliphatic rings. The lowest BCUT2D eigenvalue weighted by Crippen LogP contribution is -2.31. The third-order valence-electron chi connectivity index (χ3n) is 3.69. The van der Waals surface area contributed by atoms with Crippen LogP contribution in [0.15, 0.2) is 24.3 Å². The van der Waals surface area contributed by atoms with Crippen molar-refractivity contribution in [1.29, 1.82) is 0 Å². The van der Waals surface area contributed by atoms with Gasteiger partial charge >= 0.3 is 0 Å². The Balaban J connectivity index is 2.01. The summed E-state index contributed by atoms with van der Waals surface area (Å²) in [6, 6.07) is 8.85. The summed E-state index contributed by atoms with van der Waals surface area (Å²) in [5, 5.41) is 3.43. The number of rotatable bonds is 6. The molecule has 1 N–H and O–H groups in total. The SMILES string of the molecule is CCCOc1ccc(C(NC)C2CCCOC2)cc1. The molecule has 19 heavy (non-hydrogen) atoms. The van der Waals surface area contributed by atoms with Gasteiger partial charge in [0.25, 0.3) is 0 Å². The summed E-state index contributed by atoms with van der Waals surface area (Å²) in [6.45, 7) is 4.68. The highest BCUT2D eigenvalue weighted by Crippen LogP contribution is 2.29. The van der Waals surface area contributed by atoms with Crippen molar-refractivity contribution in [2.24, 2.45) is 5.92 Å². The van der Waals surface area contributed by atoms with Crippen LogP contribution in [0.4, 0.5) is 0 Å². The Morgan fingerprint density at radius 3 is 2.74 bits per heavy atom. The molecule has 0 bridgehead atoms. The zero-order valence-corrected chi connectivity index (χ0v) is 12.0. The van der Waals surface area contributed by atoms with Crippen LogP contribution in [0.2, 0.25) is 0 Å². The van der Waals surface area contributed by atoms with Gasteiger partial charge in [-0.05, 0) is 44.0 Å². The van der Waals surface area contributed by atoms with Gasteiger partial charge < -0.3 is 14.8 Å². The molecule has 1 aromatic rings. The van der Waals surface area contributed by atoms with Crippen molar-refractivity contribution in [3.8, 4) is 5.75 Å². The molecule has 2 unspecified atom stereocenters. The molecule has 106 valence electrons. The Hall–Kier alpha value is -1.06. The summed E-state index contributed by atoms with van der Waals surface area (Å²) >= 11 is 0. The predicted molar refractivity (Wildman–Crippen MR) is 77.6 cm³/mol. The molecule has 1 saturated heterocycles. The van der Waals surface area contributed by atoms with E-state index in [1.54, 1.807) is 0 Å². The average molecular weight is 263 g/mol. The van der Waals surface area contributed by atoms with Gasteiger partial charge in [-0.1, -0.05) is 19.1 Å². The highest BCUT2D eigenvalue weighted by atomic mass is 16.5. The minimum Gasteiger partial charge on any atom is -0.494 e. The minimum atomic E-state index is 0.375. The first-order chi connectivity index (χ1) is 9.35. The van der Waals surface area contributed by atoms with Crippen molar-refractivity contribution in [1.82, 2.24) is 5.32 Å². The molecule has 0 amide bonds. The quantitative estimate of drug-likeness (QED) is 0.855. The summed E-state index contributed by atoms with van der Waals surface area (Å²) in [4.78, 5) is 0. The first kappa shape index (κ1) is 14.4. The molecule has 1 fully saturated rings. The lowest BCUT2D eigenvalue weighted by atomic mass is 9.89. The van der Waals surface area contributed by atoms with Gasteiger partial charge in [-0.25, -0.2) is 0 Å². The van der Waals surface area contributed by atoms with Gasteiger partial charge in [0.15, 0.2) is 0 Å². The van der Waals surface area contributed by atoms with Gasteiger partial charge in [-0.2, -0.15) is 0 Å². The Labute approximate surface area is 116 Å². The van der Waals surface area contributed by atoms with Crippen molar-refractivity contribution >= 4 is 0 Å². The maximum atomic E-state index is 5.62. The van der Waals surface area contributed by atoms with Gasteiger partial charge in [0, 0.05) is 18.6 Å². The van der Waals surface area contributed by atoms with Gasteiger partial charge in [-0.15, -0.1) is 0 Å². The molecule has 3 heteroatoms. The number of hydrogen-bond acceptors (Lipinski definition) is 3. The molecule has 0 radical (unpaired) electrons. The fourth-order valence-electron chi connectivity index (χ4n) is 2.69. The van der Waals surface area contributed by atoms with Crippen LogP contribution in [0.5, 0.6) is 5.75 Å². The minimum absolute atomic E-state index is 0.375. The summed E-state index contributed by atoms with van der Waals surface area (Å²) in [6.07, 6.45) is 3.44. The Kier molecular flexibility index (Phi) is 5.67. The van der Waals surface area contributed by atoms with Gasteiger partial charge in [-0.3, -0.25) is 0 Å². The van der Waals surface area contributed by atoms with Crippen molar-refractivity contribution < 1.29 is 9.47 Å². The van der Waals surface area contributed by atoms with E-state index in [0.717, 1.165) is 32.0 Å². The molecule has 2 rings (SSSR count). The summed E-state index contributed by atoms with van der Waals surface area (Å²) in [5.41, 5.74) is 1.32. The molecule has 1 aromatic carbocycles. The van der Waals surface area contributed by atoms with E-state index in [4.69, 9.17) is 9.47 Å². The van der Waals surface area contributed by atoms with Crippen LogP contribution in [0.3, 0.4) is 0 Å². The summed E-state index contributed by atoms with van der Waals surface area (Å²) < 4.78 is 11.2. The monoisotopic (exact) mass is 263 g/mol. The smallest absolute Gasteiger partial charge is 0.119 e. The molecule has 2 atom stereocenters. The number of benzene rings is 1. The van der Waals surface area contributed by atoms with Crippen LogP contribution >= 0.6 is 0 Å². The summed E-state index contributed by atoms with van der Waals surface area (Å²) in [7, 11) is 2.03. The normalized spacial score (nSPS) is 21.1. The van der Waals surface area contributed by atoms with Crippen LogP contribution in [-0.4, -0.2) is 26.9 Å². The van der Waals surface area contributed by atoms with Gasteiger partial charge in [0.05, 0.1) is 13.2 Å². The fraction of sp³-hybridized carbons (Fsp3) is 0.625. The maximum absolute atomic E-state index is 5.62. The van der Waals surface area contributed by atoms with Crippen LogP contribution in [0.1, 0.15) is 37.8 Å². The predicted octanol–water partition coefficient (Wildman–Crippen LogP) is 3.16. The van der Waals surface area contributed by atoms with Crippen LogP contribution in [0, 0.1) is 5.92 Å². The molecule has 3 nitrogen and oxygen atoms in total. The molecular weight excluding hydrogens is 238 g/mol. The fourth-order valence-corrected chi connectivity index (χ4v) is 2.69. The molecule has 0 aromatic heterocycles. The van der Waals surface area contributed by atoms with E-state index >= 15 is 0 Å². The highest BCUT2D eigenvalue weighted by molar-refractivity contribution is 5.29. The largest absolute Gasteiger partial charge is 0.494 e. The second-order valence-electron chi connectivity index (χ2n) is 5.16. The number of ether oxygens (including phenoxy) is 2. The van der Waals surface area contributed by atoms with E-state index in [9.17, 15) is 0 Å². The van der Waals surface area contributed by atoms with E-state index in [-0.39, 0.29) is 0 Å². The van der Waals surface area contributed by atoms with Crippen molar-refractivity contribution in [2.45, 2.75) is 32.2 Å². The van der Waals surface area contributed by atoms with E-state index in [1.807, 2.05) is 7.05 Å². The Bertz CT molecular complexity index is 358. The average Bonchev–Trinajstić information content (AvgIpc) is 2.48. The van der Waals surface area contributed by atoms with E-state index < -0.39 is 0 Å². The van der Waals surface area contributed by atoms with E-state index in [1.165, 1.54) is 18.4 Å². The van der Waals surface area contributed by atoms with Crippen LogP contribution in [-0.2, 0) is 4.74 Å². The van der Waals surface area contributed by atoms with E-state index in [0.29, 0.717) is 12.0 Å². The topological polar surface area (TPSA) is 30.5 Å². The first-order valence-corrected chi connectivity index (χ1v) is 7.33. The lowest BCUT2D eigenvalue weighted by molar-refractivity contribution is 0.0402. The summed E-state index contributed by atoms with van der Waals surface area (Å²) in [5.74, 6) is 1.53. The standard InChI is InChI=1S/C16H25NO2/c1-3-10-19-15-8-6-13(7-9-15)16(17-2)14-5-4-11-18-12-14/h6-9,14,16-17H,3-5,10-12H2,1-2H3. The highest BCUT2D eigenvalue weighted by Gasteiger charge is 2.24. The maximum Gasteiger partial charge on any atom is 0.119 e. The molecule has 1 aliphatic heterocycles. The third kappa shape index (κ3) is 3.95. The van der Waals surface area contributed by atoms with Crippen molar-refractivity contribution in [3.63, 3.8) is 0 Å². The molecular formula is C16H25NO2. The van der Waals surface area contributed by atoms with Crippen molar-refractivity contribution in [3.05, 3.63) is 29.8 Å². The van der Waals surface area contributed by atoms with Crippen molar-refractivity contribution in [2.75, 3.05) is 26.9 Å². The lowest BCUT2D eigenvalue weighted by Gasteiger charge is -2.30. The zero-order chi connectivity index (χ0) is 13.5. The van der Waals surface area contributed by atoms with E-state index in [2.05, 4.69) is 36.5 Å². The van der Waals surface area contributed by atoms with Crippen LogP contribution < -0.4 is 10.1 Å². The number of hydrogen-bond donors (Lipinski definition) is 1. The Morgan fingerprint density at radius 1 is 1.37 bits per heavy atom. The molecule has 0 aliphatic carbocycles. The van der Waals surface area contributed by atoms with Crippen LogP contribution in [0.25, 0.3) is 0 Å². The second-order valence-corrected chi connectivity index (χ2v) is 5.16. The first-order valence-electron chi connectivity index (χ1n) is 7.33. The second kappa shape index (κ2) is 7.51. The van der Waals surface area contributed by atoms with Gasteiger partial charge in [0.1, 0.15) is 5.75 Å². The zero-order valence-electron chi connectivity index (χ0n) is 12.0. The molecule has 1 heterocycles. The number of nitrogens with one attached hydrogen (secondary N) is 1. The Morgan fingerprint density at radius 2 is 2.16 bits per heavy atom. The van der Waals surface area contributed by atoms with Gasteiger partial charge in [0.2, 0.25) is 0 Å². The molecule has 0 spiro atoms. The third-order valence-corrected chi connectivity index (χ3v) is 3.69.